The molecule has 0 atom stereocenters. The lowest BCUT2D eigenvalue weighted by Crippen LogP contribution is -2.19. The molecule has 1 aromatic carbocycles. The van der Waals surface area contributed by atoms with Crippen LogP contribution in [0.2, 0.25) is 0 Å². The Morgan fingerprint density at radius 2 is 1.94 bits per heavy atom. The lowest BCUT2D eigenvalue weighted by molar-refractivity contribution is -0.135. The molecule has 0 unspecified atom stereocenters. The van der Waals surface area contributed by atoms with E-state index in [0.29, 0.717) is 19.3 Å². The Bertz CT molecular complexity index is 969. The highest BCUT2D eigenvalue weighted by atomic mass is 16.5. The molecule has 8 heteroatoms. The number of aliphatic hydroxyl groups is 2. The van der Waals surface area contributed by atoms with Crippen LogP contribution in [0.5, 0.6) is 0 Å². The molecule has 0 aliphatic heterocycles. The van der Waals surface area contributed by atoms with Gasteiger partial charge in [0.2, 0.25) is 12.2 Å². The highest BCUT2D eigenvalue weighted by Gasteiger charge is 2.18. The number of carbonyl (C=O) groups is 2. The Balaban J connectivity index is 2.49. The third-order valence-corrected chi connectivity index (χ3v) is 4.18. The van der Waals surface area contributed by atoms with Gasteiger partial charge in [0.1, 0.15) is 18.1 Å². The number of hydrogen-bond donors (Lipinski definition) is 3. The van der Waals surface area contributed by atoms with E-state index in [0.717, 1.165) is 22.2 Å². The highest BCUT2D eigenvalue weighted by Crippen LogP contribution is 2.28. The summed E-state index contributed by atoms with van der Waals surface area (Å²) in [4.78, 5) is 28.0. The maximum Gasteiger partial charge on any atom is 0.372 e. The lowest BCUT2D eigenvalue weighted by Gasteiger charge is -2.20. The van der Waals surface area contributed by atoms with Gasteiger partial charge >= 0.3 is 5.97 Å². The second kappa shape index (κ2) is 11.9. The molecule has 0 bridgehead atoms. The SMILES string of the molecule is C=CCCc1cnc(/C(=C/CO)OCc2ccccc2)c(N(C=O)/C=C(\O)C(=O)O)c1. The summed E-state index contributed by atoms with van der Waals surface area (Å²) in [5.41, 5.74) is 2.04. The van der Waals surface area contributed by atoms with E-state index >= 15 is 0 Å². The number of aromatic nitrogens is 1. The van der Waals surface area contributed by atoms with E-state index in [9.17, 15) is 19.8 Å². The van der Waals surface area contributed by atoms with Gasteiger partial charge in [-0.2, -0.15) is 0 Å². The molecule has 2 rings (SSSR count). The minimum absolute atomic E-state index is 0.184. The minimum Gasteiger partial charge on any atom is -0.501 e. The first-order chi connectivity index (χ1) is 15.0. The van der Waals surface area contributed by atoms with Crippen molar-refractivity contribution in [3.05, 3.63) is 90.1 Å². The molecule has 3 N–H and O–H groups in total. The molecule has 0 radical (unpaired) electrons. The third-order valence-electron chi connectivity index (χ3n) is 4.18. The van der Waals surface area contributed by atoms with Crippen LogP contribution >= 0.6 is 0 Å². The number of pyridine rings is 1. The number of nitrogens with zero attached hydrogens (tertiary/aromatic N) is 2. The molecule has 0 aliphatic carbocycles. The number of aryl methyl sites for hydroxylation is 1. The predicted molar refractivity (Wildman–Crippen MR) is 116 cm³/mol. The Morgan fingerprint density at radius 1 is 1.19 bits per heavy atom. The van der Waals surface area contributed by atoms with Crippen molar-refractivity contribution in [3.63, 3.8) is 0 Å². The zero-order valence-corrected chi connectivity index (χ0v) is 16.8. The number of allylic oxidation sites excluding steroid dienone is 1. The van der Waals surface area contributed by atoms with Crippen LogP contribution in [0.1, 0.15) is 23.2 Å². The number of rotatable bonds is 12. The summed E-state index contributed by atoms with van der Waals surface area (Å²) in [5.74, 6) is -2.41. The van der Waals surface area contributed by atoms with Crippen LogP contribution in [-0.2, 0) is 27.4 Å². The van der Waals surface area contributed by atoms with Crippen molar-refractivity contribution in [1.82, 2.24) is 4.98 Å². The van der Waals surface area contributed by atoms with E-state index < -0.39 is 11.7 Å². The van der Waals surface area contributed by atoms with Crippen molar-refractivity contribution in [2.45, 2.75) is 19.4 Å². The van der Waals surface area contributed by atoms with Gasteiger partial charge in [0.05, 0.1) is 18.5 Å². The van der Waals surface area contributed by atoms with E-state index in [-0.39, 0.29) is 30.4 Å². The van der Waals surface area contributed by atoms with Gasteiger partial charge in [-0.25, -0.2) is 4.79 Å². The van der Waals surface area contributed by atoms with Gasteiger partial charge in [-0.05, 0) is 36.1 Å². The molecule has 31 heavy (non-hydrogen) atoms. The fraction of sp³-hybridized carbons (Fsp3) is 0.174. The molecule has 0 spiro atoms. The Kier molecular flexibility index (Phi) is 9.00. The average molecular weight is 424 g/mol. The monoisotopic (exact) mass is 424 g/mol. The topological polar surface area (TPSA) is 120 Å². The minimum atomic E-state index is -1.59. The first kappa shape index (κ1) is 23.4. The molecule has 1 amide bonds. The Morgan fingerprint density at radius 3 is 2.55 bits per heavy atom. The number of carboxylic acids is 1. The summed E-state index contributed by atoms with van der Waals surface area (Å²) in [6.07, 6.45) is 7.12. The van der Waals surface area contributed by atoms with Gasteiger partial charge in [0, 0.05) is 6.20 Å². The zero-order chi connectivity index (χ0) is 22.6. The molecule has 1 aromatic heterocycles. The van der Waals surface area contributed by atoms with Crippen molar-refractivity contribution in [1.29, 1.82) is 0 Å². The second-order valence-corrected chi connectivity index (χ2v) is 6.40. The largest absolute Gasteiger partial charge is 0.501 e. The smallest absolute Gasteiger partial charge is 0.372 e. The number of ether oxygens (including phenoxy) is 1. The van der Waals surface area contributed by atoms with Gasteiger partial charge in [-0.15, -0.1) is 6.58 Å². The van der Waals surface area contributed by atoms with Crippen LogP contribution in [-0.4, -0.2) is 39.3 Å². The summed E-state index contributed by atoms with van der Waals surface area (Å²) in [7, 11) is 0. The molecular weight excluding hydrogens is 400 g/mol. The number of anilines is 1. The standard InChI is InChI=1S/C23H24N2O6/c1-2-3-7-18-12-19(25(16-27)14-20(28)23(29)30)22(24-13-18)21(10-11-26)31-15-17-8-5-4-6-9-17/h2,4-6,8-10,12-14,16,26,28H,1,3,7,11,15H2,(H,29,30)/b20-14-,21-10-. The molecule has 8 nitrogen and oxygen atoms in total. The number of amides is 1. The second-order valence-electron chi connectivity index (χ2n) is 6.40. The van der Waals surface area contributed by atoms with Crippen molar-refractivity contribution in [3.8, 4) is 0 Å². The van der Waals surface area contributed by atoms with Crippen molar-refractivity contribution < 1.29 is 29.6 Å². The van der Waals surface area contributed by atoms with Gasteiger partial charge in [0.25, 0.3) is 0 Å². The van der Waals surface area contributed by atoms with E-state index in [1.165, 1.54) is 6.08 Å². The number of aliphatic hydroxyl groups excluding tert-OH is 2. The molecule has 1 heterocycles. The maximum absolute atomic E-state index is 11.7. The number of carboxylic acid groups (broad SMARTS) is 1. The molecule has 0 fully saturated rings. The van der Waals surface area contributed by atoms with Gasteiger partial charge in [-0.3, -0.25) is 14.7 Å². The van der Waals surface area contributed by atoms with Crippen LogP contribution in [0.15, 0.2) is 73.3 Å². The van der Waals surface area contributed by atoms with E-state index in [4.69, 9.17) is 9.84 Å². The fourth-order valence-corrected chi connectivity index (χ4v) is 2.67. The summed E-state index contributed by atoms with van der Waals surface area (Å²) < 4.78 is 5.84. The van der Waals surface area contributed by atoms with E-state index in [2.05, 4.69) is 11.6 Å². The highest BCUT2D eigenvalue weighted by molar-refractivity contribution is 5.89. The first-order valence-corrected chi connectivity index (χ1v) is 9.45. The molecule has 0 saturated carbocycles. The summed E-state index contributed by atoms with van der Waals surface area (Å²) in [6.45, 7) is 3.52. The predicted octanol–water partition coefficient (Wildman–Crippen LogP) is 3.20. The Hall–Kier alpha value is -3.91. The van der Waals surface area contributed by atoms with Crippen molar-refractivity contribution >= 4 is 23.8 Å². The van der Waals surface area contributed by atoms with Crippen LogP contribution in [0.3, 0.4) is 0 Å². The summed E-state index contributed by atoms with van der Waals surface area (Å²) >= 11 is 0. The molecule has 2 aromatic rings. The van der Waals surface area contributed by atoms with Crippen LogP contribution in [0.4, 0.5) is 5.69 Å². The average Bonchev–Trinajstić information content (AvgIpc) is 2.79. The van der Waals surface area contributed by atoms with E-state index in [1.807, 2.05) is 30.3 Å². The Labute approximate surface area is 180 Å². The number of carbonyl (C=O) groups excluding carboxylic acids is 1. The van der Waals surface area contributed by atoms with Gasteiger partial charge in [0.15, 0.2) is 0 Å². The quantitative estimate of drug-likeness (QED) is 0.207. The number of benzene rings is 1. The zero-order valence-electron chi connectivity index (χ0n) is 16.8. The van der Waals surface area contributed by atoms with Crippen molar-refractivity contribution in [2.24, 2.45) is 0 Å². The number of aliphatic carboxylic acids is 1. The maximum atomic E-state index is 11.7. The summed E-state index contributed by atoms with van der Waals surface area (Å²) in [6, 6.07) is 11.0. The number of hydrogen-bond acceptors (Lipinski definition) is 6. The molecular formula is C23H24N2O6. The molecule has 162 valence electrons. The molecule has 0 aliphatic rings. The van der Waals surface area contributed by atoms with Crippen LogP contribution in [0, 0.1) is 0 Å². The van der Waals surface area contributed by atoms with Gasteiger partial charge in [-0.1, -0.05) is 36.4 Å². The normalized spacial score (nSPS) is 11.6. The summed E-state index contributed by atoms with van der Waals surface area (Å²) in [5, 5.41) is 28.0. The molecule has 0 saturated heterocycles. The third kappa shape index (κ3) is 6.83. The van der Waals surface area contributed by atoms with Gasteiger partial charge < -0.3 is 20.1 Å². The fourth-order valence-electron chi connectivity index (χ4n) is 2.67. The first-order valence-electron chi connectivity index (χ1n) is 9.45. The van der Waals surface area contributed by atoms with E-state index in [1.54, 1.807) is 18.3 Å². The van der Waals surface area contributed by atoms with Crippen molar-refractivity contribution in [2.75, 3.05) is 11.5 Å². The lowest BCUT2D eigenvalue weighted by atomic mass is 10.1. The van der Waals surface area contributed by atoms with Crippen LogP contribution < -0.4 is 4.90 Å². The van der Waals surface area contributed by atoms with Crippen LogP contribution in [0.25, 0.3) is 5.76 Å².